The second-order valence-corrected chi connectivity index (χ2v) is 5.21. The van der Waals surface area contributed by atoms with E-state index in [4.69, 9.17) is 0 Å². The molecular formula is C16H21N3. The molecule has 1 aromatic carbocycles. The van der Waals surface area contributed by atoms with Gasteiger partial charge in [0.05, 0.1) is 5.69 Å². The van der Waals surface area contributed by atoms with Gasteiger partial charge in [-0.25, -0.2) is 9.97 Å². The molecule has 0 radical (unpaired) electrons. The topological polar surface area (TPSA) is 37.8 Å². The molecule has 2 aromatic rings. The van der Waals surface area contributed by atoms with Gasteiger partial charge in [-0.15, -0.1) is 0 Å². The van der Waals surface area contributed by atoms with Crippen LogP contribution < -0.4 is 5.32 Å². The Hall–Kier alpha value is -1.90. The fraction of sp³-hybridized carbons (Fsp3) is 0.375. The van der Waals surface area contributed by atoms with Gasteiger partial charge in [-0.05, 0) is 25.3 Å². The molecule has 19 heavy (non-hydrogen) atoms. The average Bonchev–Trinajstić information content (AvgIpc) is 2.37. The van der Waals surface area contributed by atoms with Crippen LogP contribution in [0, 0.1) is 13.8 Å². The number of nitrogens with zero attached hydrogens (tertiary/aromatic N) is 2. The quantitative estimate of drug-likeness (QED) is 0.903. The smallest absolute Gasteiger partial charge is 0.133 e. The molecule has 1 heterocycles. The van der Waals surface area contributed by atoms with Crippen LogP contribution in [0.1, 0.15) is 36.5 Å². The molecule has 3 nitrogen and oxygen atoms in total. The second-order valence-electron chi connectivity index (χ2n) is 5.21. The van der Waals surface area contributed by atoms with Crippen molar-refractivity contribution in [3.63, 3.8) is 0 Å². The number of aromatic nitrogens is 2. The number of nitrogens with one attached hydrogen (secondary N) is 1. The van der Waals surface area contributed by atoms with Crippen LogP contribution in [0.15, 0.2) is 24.5 Å². The first kappa shape index (κ1) is 13.5. The van der Waals surface area contributed by atoms with Crippen LogP contribution in [0.4, 0.5) is 5.82 Å². The largest absolute Gasteiger partial charge is 0.373 e. The number of benzene rings is 1. The van der Waals surface area contributed by atoms with E-state index in [1.807, 2.05) is 7.05 Å². The zero-order valence-electron chi connectivity index (χ0n) is 12.3. The van der Waals surface area contributed by atoms with E-state index in [9.17, 15) is 0 Å². The highest BCUT2D eigenvalue weighted by molar-refractivity contribution is 5.72. The Bertz CT molecular complexity index is 589. The first-order chi connectivity index (χ1) is 9.04. The molecule has 0 aliphatic carbocycles. The van der Waals surface area contributed by atoms with Gasteiger partial charge in [0, 0.05) is 18.2 Å². The molecule has 0 spiro atoms. The summed E-state index contributed by atoms with van der Waals surface area (Å²) in [5.41, 5.74) is 5.93. The maximum atomic E-state index is 4.52. The van der Waals surface area contributed by atoms with Crippen LogP contribution in [-0.2, 0) is 0 Å². The van der Waals surface area contributed by atoms with Crippen molar-refractivity contribution in [2.45, 2.75) is 33.6 Å². The summed E-state index contributed by atoms with van der Waals surface area (Å²) < 4.78 is 0. The van der Waals surface area contributed by atoms with Crippen molar-refractivity contribution in [1.82, 2.24) is 9.97 Å². The Labute approximate surface area is 115 Å². The summed E-state index contributed by atoms with van der Waals surface area (Å²) in [5, 5.41) is 3.17. The molecule has 0 saturated heterocycles. The molecule has 0 aliphatic rings. The minimum absolute atomic E-state index is 0.374. The van der Waals surface area contributed by atoms with E-state index in [0.29, 0.717) is 5.92 Å². The van der Waals surface area contributed by atoms with Crippen LogP contribution in [0.5, 0.6) is 0 Å². The molecule has 0 saturated carbocycles. The summed E-state index contributed by atoms with van der Waals surface area (Å²) in [6, 6.07) is 6.48. The van der Waals surface area contributed by atoms with Crippen LogP contribution in [-0.4, -0.2) is 17.0 Å². The Balaban J connectivity index is 2.68. The summed E-state index contributed by atoms with van der Waals surface area (Å²) >= 11 is 0. The summed E-state index contributed by atoms with van der Waals surface area (Å²) in [7, 11) is 1.90. The first-order valence-corrected chi connectivity index (χ1v) is 6.65. The van der Waals surface area contributed by atoms with Gasteiger partial charge in [0.1, 0.15) is 12.1 Å². The molecule has 0 atom stereocenters. The zero-order chi connectivity index (χ0) is 14.0. The van der Waals surface area contributed by atoms with Gasteiger partial charge in [0.15, 0.2) is 0 Å². The van der Waals surface area contributed by atoms with Crippen molar-refractivity contribution in [3.05, 3.63) is 41.2 Å². The standard InChI is InChI=1S/C16H21N3/c1-10(2)14-15(18-9-19-16(14)17-5)13-7-6-11(3)8-12(13)4/h6-10H,1-5H3,(H,17,18,19). The van der Waals surface area contributed by atoms with Crippen molar-refractivity contribution >= 4 is 5.82 Å². The van der Waals surface area contributed by atoms with Crippen molar-refractivity contribution in [2.75, 3.05) is 12.4 Å². The SMILES string of the molecule is CNc1ncnc(-c2ccc(C)cc2C)c1C(C)C. The monoisotopic (exact) mass is 255 g/mol. The maximum absolute atomic E-state index is 4.52. The number of rotatable bonds is 3. The highest BCUT2D eigenvalue weighted by Gasteiger charge is 2.16. The molecular weight excluding hydrogens is 234 g/mol. The zero-order valence-corrected chi connectivity index (χ0v) is 12.3. The summed E-state index contributed by atoms with van der Waals surface area (Å²) in [6.45, 7) is 8.59. The highest BCUT2D eigenvalue weighted by atomic mass is 15.0. The molecule has 3 heteroatoms. The van der Waals surface area contributed by atoms with Crippen molar-refractivity contribution in [3.8, 4) is 11.3 Å². The summed E-state index contributed by atoms with van der Waals surface area (Å²) in [4.78, 5) is 8.85. The van der Waals surface area contributed by atoms with Crippen LogP contribution in [0.25, 0.3) is 11.3 Å². The molecule has 0 aliphatic heterocycles. The van der Waals surface area contributed by atoms with Gasteiger partial charge in [-0.3, -0.25) is 0 Å². The summed E-state index contributed by atoms with van der Waals surface area (Å²) in [6.07, 6.45) is 1.63. The fourth-order valence-corrected chi connectivity index (χ4v) is 2.44. The maximum Gasteiger partial charge on any atom is 0.133 e. The van der Waals surface area contributed by atoms with Gasteiger partial charge in [-0.2, -0.15) is 0 Å². The minimum atomic E-state index is 0.374. The average molecular weight is 255 g/mol. The third kappa shape index (κ3) is 2.60. The lowest BCUT2D eigenvalue weighted by Gasteiger charge is -2.17. The molecule has 0 fully saturated rings. The third-order valence-electron chi connectivity index (χ3n) is 3.34. The van der Waals surface area contributed by atoms with E-state index in [1.165, 1.54) is 22.3 Å². The van der Waals surface area contributed by atoms with Crippen molar-refractivity contribution in [2.24, 2.45) is 0 Å². The van der Waals surface area contributed by atoms with E-state index >= 15 is 0 Å². The number of aryl methyl sites for hydroxylation is 2. The van der Waals surface area contributed by atoms with E-state index in [2.05, 4.69) is 61.2 Å². The predicted molar refractivity (Wildman–Crippen MR) is 80.6 cm³/mol. The molecule has 0 unspecified atom stereocenters. The van der Waals surface area contributed by atoms with E-state index in [0.717, 1.165) is 11.5 Å². The summed E-state index contributed by atoms with van der Waals surface area (Å²) in [5.74, 6) is 1.29. The van der Waals surface area contributed by atoms with E-state index in [1.54, 1.807) is 6.33 Å². The molecule has 0 bridgehead atoms. The Morgan fingerprint density at radius 3 is 2.42 bits per heavy atom. The van der Waals surface area contributed by atoms with Gasteiger partial charge in [0.25, 0.3) is 0 Å². The molecule has 2 rings (SSSR count). The molecule has 1 aromatic heterocycles. The normalized spacial score (nSPS) is 10.8. The van der Waals surface area contributed by atoms with Gasteiger partial charge >= 0.3 is 0 Å². The fourth-order valence-electron chi connectivity index (χ4n) is 2.44. The lowest BCUT2D eigenvalue weighted by Crippen LogP contribution is -2.05. The molecule has 1 N–H and O–H groups in total. The lowest BCUT2D eigenvalue weighted by atomic mass is 9.94. The van der Waals surface area contributed by atoms with Crippen LogP contribution in [0.3, 0.4) is 0 Å². The minimum Gasteiger partial charge on any atom is -0.373 e. The van der Waals surface area contributed by atoms with Crippen LogP contribution >= 0.6 is 0 Å². The van der Waals surface area contributed by atoms with Crippen molar-refractivity contribution in [1.29, 1.82) is 0 Å². The second kappa shape index (κ2) is 5.39. The number of hydrogen-bond acceptors (Lipinski definition) is 3. The Kier molecular flexibility index (Phi) is 3.84. The lowest BCUT2D eigenvalue weighted by molar-refractivity contribution is 0.852. The first-order valence-electron chi connectivity index (χ1n) is 6.65. The highest BCUT2D eigenvalue weighted by Crippen LogP contribution is 2.33. The van der Waals surface area contributed by atoms with Gasteiger partial charge in [0.2, 0.25) is 0 Å². The van der Waals surface area contributed by atoms with Gasteiger partial charge < -0.3 is 5.32 Å². The van der Waals surface area contributed by atoms with Crippen molar-refractivity contribution < 1.29 is 0 Å². The third-order valence-corrected chi connectivity index (χ3v) is 3.34. The Morgan fingerprint density at radius 1 is 1.11 bits per heavy atom. The molecule has 0 amide bonds. The number of anilines is 1. The number of hydrogen-bond donors (Lipinski definition) is 1. The van der Waals surface area contributed by atoms with Crippen LogP contribution in [0.2, 0.25) is 0 Å². The molecule has 100 valence electrons. The van der Waals surface area contributed by atoms with E-state index in [-0.39, 0.29) is 0 Å². The Morgan fingerprint density at radius 2 is 1.84 bits per heavy atom. The predicted octanol–water partition coefficient (Wildman–Crippen LogP) is 3.93. The van der Waals surface area contributed by atoms with Gasteiger partial charge in [-0.1, -0.05) is 37.6 Å². The van der Waals surface area contributed by atoms with E-state index < -0.39 is 0 Å².